The molecule has 144 valence electrons. The molecule has 0 aliphatic rings. The fourth-order valence-electron chi connectivity index (χ4n) is 2.15. The van der Waals surface area contributed by atoms with Crippen molar-refractivity contribution in [3.8, 4) is 11.5 Å². The van der Waals surface area contributed by atoms with E-state index in [0.717, 1.165) is 9.87 Å². The Balaban J connectivity index is 2.00. The zero-order chi connectivity index (χ0) is 20.0. The topological polar surface area (TPSA) is 108 Å². The molecule has 0 aromatic heterocycles. The fourth-order valence-corrected chi connectivity index (χ4v) is 3.28. The van der Waals surface area contributed by atoms with E-state index in [1.165, 1.54) is 38.6 Å². The summed E-state index contributed by atoms with van der Waals surface area (Å²) in [6.07, 6.45) is 1.24. The number of benzene rings is 2. The van der Waals surface area contributed by atoms with Crippen molar-refractivity contribution in [2.75, 3.05) is 20.7 Å². The van der Waals surface area contributed by atoms with Crippen LogP contribution >= 0.6 is 0 Å². The number of hydrogen-bond acceptors (Lipinski definition) is 6. The molecule has 0 unspecified atom stereocenters. The lowest BCUT2D eigenvalue weighted by Gasteiger charge is -2.16. The molecule has 0 aliphatic carbocycles. The van der Waals surface area contributed by atoms with Gasteiger partial charge in [0.15, 0.2) is 0 Å². The van der Waals surface area contributed by atoms with Gasteiger partial charge in [-0.25, -0.2) is 13.8 Å². The average molecular weight is 391 g/mol. The highest BCUT2D eigenvalue weighted by molar-refractivity contribution is 7.89. The number of likely N-dealkylation sites (N-methyl/N-ethyl adjacent to an activating group) is 1. The van der Waals surface area contributed by atoms with Gasteiger partial charge < -0.3 is 9.84 Å². The minimum atomic E-state index is -3.78. The third-order valence-corrected chi connectivity index (χ3v) is 5.54. The number of aromatic hydroxyl groups is 1. The average Bonchev–Trinajstić information content (AvgIpc) is 2.63. The number of phenolic OH excluding ortho intramolecular Hbond substituents is 1. The number of sulfonamides is 1. The largest absolute Gasteiger partial charge is 0.507 e. The highest BCUT2D eigenvalue weighted by Crippen LogP contribution is 2.21. The predicted octanol–water partition coefficient (Wildman–Crippen LogP) is 1.48. The van der Waals surface area contributed by atoms with Gasteiger partial charge in [-0.15, -0.1) is 0 Å². The monoisotopic (exact) mass is 391 g/mol. The quantitative estimate of drug-likeness (QED) is 0.549. The Hall–Kier alpha value is -2.91. The van der Waals surface area contributed by atoms with Crippen molar-refractivity contribution in [3.05, 3.63) is 53.6 Å². The van der Waals surface area contributed by atoms with E-state index in [4.69, 9.17) is 4.74 Å². The molecule has 0 atom stereocenters. The van der Waals surface area contributed by atoms with Gasteiger partial charge in [-0.3, -0.25) is 4.79 Å². The number of carbonyl (C=O) groups excluding carboxylic acids is 1. The summed E-state index contributed by atoms with van der Waals surface area (Å²) >= 11 is 0. The van der Waals surface area contributed by atoms with Gasteiger partial charge in [0.2, 0.25) is 10.0 Å². The molecule has 0 spiro atoms. The van der Waals surface area contributed by atoms with Crippen molar-refractivity contribution in [2.45, 2.75) is 11.8 Å². The molecule has 2 N–H and O–H groups in total. The zero-order valence-corrected chi connectivity index (χ0v) is 16.0. The summed E-state index contributed by atoms with van der Waals surface area (Å²) in [7, 11) is -0.982. The van der Waals surface area contributed by atoms with Gasteiger partial charge in [-0.2, -0.15) is 9.41 Å². The number of ether oxygens (including phenoxy) is 1. The van der Waals surface area contributed by atoms with Crippen LogP contribution in [0.4, 0.5) is 0 Å². The molecule has 0 fully saturated rings. The van der Waals surface area contributed by atoms with E-state index in [9.17, 15) is 18.3 Å². The van der Waals surface area contributed by atoms with Crippen molar-refractivity contribution >= 4 is 22.1 Å². The van der Waals surface area contributed by atoms with Crippen LogP contribution in [-0.4, -0.2) is 50.7 Å². The summed E-state index contributed by atoms with van der Waals surface area (Å²) < 4.78 is 30.9. The maximum Gasteiger partial charge on any atom is 0.255 e. The van der Waals surface area contributed by atoms with Crippen molar-refractivity contribution in [2.24, 2.45) is 5.10 Å². The molecule has 2 aromatic carbocycles. The first-order valence-corrected chi connectivity index (χ1v) is 9.40. The Morgan fingerprint density at radius 1 is 1.26 bits per heavy atom. The number of amides is 1. The van der Waals surface area contributed by atoms with Crippen molar-refractivity contribution in [1.82, 2.24) is 9.73 Å². The number of nitrogens with one attached hydrogen (secondary N) is 1. The maximum absolute atomic E-state index is 12.4. The molecule has 0 heterocycles. The van der Waals surface area contributed by atoms with E-state index in [2.05, 4.69) is 10.5 Å². The third kappa shape index (κ3) is 5.28. The van der Waals surface area contributed by atoms with E-state index < -0.39 is 22.5 Å². The number of nitrogens with zero attached hydrogens (tertiary/aromatic N) is 2. The van der Waals surface area contributed by atoms with Crippen LogP contribution in [0.5, 0.6) is 11.5 Å². The van der Waals surface area contributed by atoms with Gasteiger partial charge in [0.05, 0.1) is 24.8 Å². The van der Waals surface area contributed by atoms with Crippen LogP contribution in [0.2, 0.25) is 0 Å². The number of aryl methyl sites for hydroxylation is 1. The van der Waals surface area contributed by atoms with Gasteiger partial charge in [0, 0.05) is 12.6 Å². The lowest BCUT2D eigenvalue weighted by molar-refractivity contribution is -0.121. The van der Waals surface area contributed by atoms with E-state index in [0.29, 0.717) is 11.3 Å². The van der Waals surface area contributed by atoms with Crippen LogP contribution in [0.1, 0.15) is 11.1 Å². The Bertz CT molecular complexity index is 940. The molecule has 0 saturated heterocycles. The molecule has 0 radical (unpaired) electrons. The number of rotatable bonds is 7. The predicted molar refractivity (Wildman–Crippen MR) is 101 cm³/mol. The first kappa shape index (κ1) is 20.4. The molecule has 0 aliphatic heterocycles. The SMILES string of the molecule is COc1ccc(O)c(/C=N/NC(=O)CN(C)S(=O)(=O)c2ccc(C)cc2)c1. The molecule has 0 bridgehead atoms. The first-order valence-electron chi connectivity index (χ1n) is 7.96. The Kier molecular flexibility index (Phi) is 6.54. The molecule has 8 nitrogen and oxygen atoms in total. The highest BCUT2D eigenvalue weighted by atomic mass is 32.2. The van der Waals surface area contributed by atoms with Crippen LogP contribution in [0.3, 0.4) is 0 Å². The molecule has 27 heavy (non-hydrogen) atoms. The van der Waals surface area contributed by atoms with Gasteiger partial charge in [-0.1, -0.05) is 17.7 Å². The van der Waals surface area contributed by atoms with Gasteiger partial charge in [0.1, 0.15) is 11.5 Å². The third-order valence-electron chi connectivity index (χ3n) is 3.72. The molecular formula is C18H21N3O5S. The zero-order valence-electron chi connectivity index (χ0n) is 15.2. The highest BCUT2D eigenvalue weighted by Gasteiger charge is 2.22. The summed E-state index contributed by atoms with van der Waals surface area (Å²) in [4.78, 5) is 12.1. The standard InChI is InChI=1S/C18H21N3O5S/c1-13-4-7-16(8-5-13)27(24,25)21(2)12-18(23)20-19-11-14-10-15(26-3)6-9-17(14)22/h4-11,22H,12H2,1-3H3,(H,20,23)/b19-11+. The van der Waals surface area contributed by atoms with E-state index in [1.54, 1.807) is 24.3 Å². The van der Waals surface area contributed by atoms with Crippen molar-refractivity contribution in [3.63, 3.8) is 0 Å². The fraction of sp³-hybridized carbons (Fsp3) is 0.222. The molecular weight excluding hydrogens is 370 g/mol. The molecule has 1 amide bonds. The number of hydrazone groups is 1. The number of carbonyl (C=O) groups is 1. The Morgan fingerprint density at radius 2 is 1.93 bits per heavy atom. The smallest absolute Gasteiger partial charge is 0.255 e. The second-order valence-corrected chi connectivity index (χ2v) is 7.84. The number of methoxy groups -OCH3 is 1. The van der Waals surface area contributed by atoms with Gasteiger partial charge in [0.25, 0.3) is 5.91 Å². The molecule has 2 rings (SSSR count). The molecule has 9 heteroatoms. The minimum Gasteiger partial charge on any atom is -0.507 e. The van der Waals surface area contributed by atoms with Crippen molar-refractivity contribution in [1.29, 1.82) is 0 Å². The Labute approximate surface area is 158 Å². The summed E-state index contributed by atoms with van der Waals surface area (Å²) in [5, 5.41) is 13.5. The summed E-state index contributed by atoms with van der Waals surface area (Å²) in [5.41, 5.74) is 3.51. The van der Waals surface area contributed by atoms with Crippen LogP contribution in [0, 0.1) is 6.92 Å². The van der Waals surface area contributed by atoms with Crippen LogP contribution < -0.4 is 10.2 Å². The molecule has 0 saturated carbocycles. The van der Waals surface area contributed by atoms with Crippen LogP contribution in [-0.2, 0) is 14.8 Å². The second kappa shape index (κ2) is 8.65. The minimum absolute atomic E-state index is 0.0344. The first-order chi connectivity index (χ1) is 12.7. The van der Waals surface area contributed by atoms with E-state index in [-0.39, 0.29) is 10.6 Å². The van der Waals surface area contributed by atoms with Crippen LogP contribution in [0.25, 0.3) is 0 Å². The second-order valence-electron chi connectivity index (χ2n) is 5.79. The lowest BCUT2D eigenvalue weighted by Crippen LogP contribution is -2.36. The summed E-state index contributed by atoms with van der Waals surface area (Å²) in [6.45, 7) is 1.45. The summed E-state index contributed by atoms with van der Waals surface area (Å²) in [5.74, 6) is -0.135. The lowest BCUT2D eigenvalue weighted by atomic mass is 10.2. The summed E-state index contributed by atoms with van der Waals surface area (Å²) in [6, 6.07) is 10.9. The van der Waals surface area contributed by atoms with Gasteiger partial charge in [-0.05, 0) is 37.3 Å². The number of phenols is 1. The molecule has 2 aromatic rings. The van der Waals surface area contributed by atoms with E-state index >= 15 is 0 Å². The Morgan fingerprint density at radius 3 is 2.56 bits per heavy atom. The van der Waals surface area contributed by atoms with Gasteiger partial charge >= 0.3 is 0 Å². The van der Waals surface area contributed by atoms with Crippen LogP contribution in [0.15, 0.2) is 52.5 Å². The van der Waals surface area contributed by atoms with Crippen molar-refractivity contribution < 1.29 is 23.1 Å². The number of hydrogen-bond donors (Lipinski definition) is 2. The normalized spacial score (nSPS) is 11.7. The maximum atomic E-state index is 12.4. The van der Waals surface area contributed by atoms with E-state index in [1.807, 2.05) is 6.92 Å².